The van der Waals surface area contributed by atoms with Crippen molar-refractivity contribution in [2.75, 3.05) is 0 Å². The summed E-state index contributed by atoms with van der Waals surface area (Å²) in [7, 11) is 0. The molecular weight excluding hydrogens is 375 g/mol. The molecule has 3 aromatic rings. The lowest BCUT2D eigenvalue weighted by Gasteiger charge is -2.22. The minimum absolute atomic E-state index is 0.0864. The van der Waals surface area contributed by atoms with Gasteiger partial charge in [-0.25, -0.2) is 4.39 Å². The monoisotopic (exact) mass is 408 g/mol. The van der Waals surface area contributed by atoms with Crippen LogP contribution in [0.4, 0.5) is 4.39 Å². The molecule has 0 spiro atoms. The molecule has 0 saturated carbocycles. The van der Waals surface area contributed by atoms with Crippen LogP contribution in [0.2, 0.25) is 0 Å². The van der Waals surface area contributed by atoms with Crippen molar-refractivity contribution in [3.8, 4) is 0 Å². The first-order valence-corrected chi connectivity index (χ1v) is 10.7. The second-order valence-electron chi connectivity index (χ2n) is 9.75. The van der Waals surface area contributed by atoms with Gasteiger partial charge in [0.2, 0.25) is 0 Å². The third kappa shape index (κ3) is 4.58. The number of aromatic nitrogens is 1. The fourth-order valence-electron chi connectivity index (χ4n) is 3.84. The van der Waals surface area contributed by atoms with Gasteiger partial charge in [0.25, 0.3) is 5.91 Å². The highest BCUT2D eigenvalue weighted by atomic mass is 19.1. The maximum absolute atomic E-state index is 14.5. The van der Waals surface area contributed by atoms with Crippen molar-refractivity contribution in [1.82, 2.24) is 9.88 Å². The Morgan fingerprint density at radius 2 is 1.77 bits per heavy atom. The quantitative estimate of drug-likeness (QED) is 0.511. The first kappa shape index (κ1) is 22.1. The zero-order valence-electron chi connectivity index (χ0n) is 19.1. The molecule has 0 aliphatic carbocycles. The molecule has 160 valence electrons. The fraction of sp³-hybridized carbons (Fsp3) is 0.423. The van der Waals surface area contributed by atoms with Crippen molar-refractivity contribution in [1.29, 1.82) is 0 Å². The van der Waals surface area contributed by atoms with Crippen LogP contribution in [0, 0.1) is 18.7 Å². The number of aryl methyl sites for hydroxylation is 1. The number of amides is 1. The maximum Gasteiger partial charge on any atom is 0.251 e. The van der Waals surface area contributed by atoms with Gasteiger partial charge in [0.1, 0.15) is 5.82 Å². The van der Waals surface area contributed by atoms with Gasteiger partial charge in [0.15, 0.2) is 0 Å². The van der Waals surface area contributed by atoms with Gasteiger partial charge >= 0.3 is 0 Å². The Morgan fingerprint density at radius 3 is 2.40 bits per heavy atom. The number of nitrogens with one attached hydrogen (secondary N) is 1. The molecular formula is C26H33FN2O. The Bertz CT molecular complexity index is 1070. The summed E-state index contributed by atoms with van der Waals surface area (Å²) in [4.78, 5) is 13.0. The Morgan fingerprint density at radius 1 is 1.07 bits per heavy atom. The third-order valence-electron chi connectivity index (χ3n) is 5.60. The lowest BCUT2D eigenvalue weighted by atomic mass is 9.85. The average molecular weight is 409 g/mol. The predicted molar refractivity (Wildman–Crippen MR) is 122 cm³/mol. The Balaban J connectivity index is 1.88. The van der Waals surface area contributed by atoms with Gasteiger partial charge < -0.3 is 9.88 Å². The molecule has 1 heterocycles. The van der Waals surface area contributed by atoms with Crippen LogP contribution in [0.5, 0.6) is 0 Å². The summed E-state index contributed by atoms with van der Waals surface area (Å²) < 4.78 is 16.7. The Labute approximate surface area is 179 Å². The zero-order chi connectivity index (χ0) is 22.2. The van der Waals surface area contributed by atoms with E-state index in [1.54, 1.807) is 0 Å². The number of benzene rings is 2. The van der Waals surface area contributed by atoms with Gasteiger partial charge in [-0.1, -0.05) is 52.8 Å². The lowest BCUT2D eigenvalue weighted by molar-refractivity contribution is 0.0939. The largest absolute Gasteiger partial charge is 0.345 e. The topological polar surface area (TPSA) is 34.0 Å². The molecule has 4 heteroatoms. The molecule has 30 heavy (non-hydrogen) atoms. The molecule has 0 saturated heterocycles. The first-order chi connectivity index (χ1) is 14.0. The number of carbonyl (C=O) groups excluding carboxylic acids is 1. The van der Waals surface area contributed by atoms with E-state index in [9.17, 15) is 9.18 Å². The minimum atomic E-state index is -0.431. The van der Waals surface area contributed by atoms with Crippen LogP contribution in [0.3, 0.4) is 0 Å². The van der Waals surface area contributed by atoms with E-state index in [2.05, 4.69) is 57.5 Å². The van der Waals surface area contributed by atoms with Gasteiger partial charge in [0.05, 0.1) is 6.04 Å². The highest BCUT2D eigenvalue weighted by Crippen LogP contribution is 2.27. The van der Waals surface area contributed by atoms with Crippen molar-refractivity contribution in [2.24, 2.45) is 5.92 Å². The number of hydrogen-bond donors (Lipinski definition) is 1. The summed E-state index contributed by atoms with van der Waals surface area (Å²) >= 11 is 0. The van der Waals surface area contributed by atoms with E-state index in [1.165, 1.54) is 11.8 Å². The summed E-state index contributed by atoms with van der Waals surface area (Å²) in [6.07, 6.45) is 0. The summed E-state index contributed by atoms with van der Waals surface area (Å²) in [5.74, 6) is 0.0162. The standard InChI is InChI=1S/C26H33FN2O/c1-16(2)15-29-17(3)12-19-8-9-20(13-24(19)29)25(30)28-18(4)22-14-21(26(5,6)7)10-11-23(22)27/h8-14,16,18H,15H2,1-7H3,(H,28,30)/t18-/m0/s1. The normalized spacial score (nSPS) is 13.1. The zero-order valence-corrected chi connectivity index (χ0v) is 19.1. The van der Waals surface area contributed by atoms with Crippen LogP contribution < -0.4 is 5.32 Å². The summed E-state index contributed by atoms with van der Waals surface area (Å²) in [6, 6.07) is 12.6. The van der Waals surface area contributed by atoms with Crippen LogP contribution in [0.1, 0.15) is 74.8 Å². The first-order valence-electron chi connectivity index (χ1n) is 10.7. The van der Waals surface area contributed by atoms with E-state index in [-0.39, 0.29) is 17.1 Å². The summed E-state index contributed by atoms with van der Waals surface area (Å²) in [5.41, 5.74) is 4.30. The van der Waals surface area contributed by atoms with Crippen LogP contribution in [0.25, 0.3) is 10.9 Å². The molecule has 0 fully saturated rings. The SMILES string of the molecule is Cc1cc2ccc(C(=O)N[C@@H](C)c3cc(C(C)(C)C)ccc3F)cc2n1CC(C)C. The molecule has 0 bridgehead atoms. The van der Waals surface area contributed by atoms with Gasteiger partial charge in [-0.3, -0.25) is 4.79 Å². The molecule has 2 aromatic carbocycles. The Kier molecular flexibility index (Phi) is 6.07. The van der Waals surface area contributed by atoms with E-state index in [4.69, 9.17) is 0 Å². The van der Waals surface area contributed by atoms with E-state index in [1.807, 2.05) is 37.3 Å². The molecule has 1 N–H and O–H groups in total. The number of halogens is 1. The number of nitrogens with zero attached hydrogens (tertiary/aromatic N) is 1. The van der Waals surface area contributed by atoms with Gasteiger partial charge in [-0.2, -0.15) is 0 Å². The molecule has 0 unspecified atom stereocenters. The molecule has 3 rings (SSSR count). The minimum Gasteiger partial charge on any atom is -0.345 e. The maximum atomic E-state index is 14.5. The molecule has 1 atom stereocenters. The molecule has 1 aromatic heterocycles. The van der Waals surface area contributed by atoms with Crippen molar-refractivity contribution in [3.63, 3.8) is 0 Å². The predicted octanol–water partition coefficient (Wildman–Crippen LogP) is 6.53. The van der Waals surface area contributed by atoms with Crippen molar-refractivity contribution < 1.29 is 9.18 Å². The molecule has 0 aliphatic rings. The van der Waals surface area contributed by atoms with Crippen LogP contribution in [0.15, 0.2) is 42.5 Å². The average Bonchev–Trinajstić information content (AvgIpc) is 2.95. The van der Waals surface area contributed by atoms with Crippen LogP contribution in [-0.4, -0.2) is 10.5 Å². The molecule has 0 aliphatic heterocycles. The van der Waals surface area contributed by atoms with E-state index in [0.717, 1.165) is 23.0 Å². The molecule has 3 nitrogen and oxygen atoms in total. The number of hydrogen-bond acceptors (Lipinski definition) is 1. The highest BCUT2D eigenvalue weighted by Gasteiger charge is 2.20. The van der Waals surface area contributed by atoms with Crippen LogP contribution in [-0.2, 0) is 12.0 Å². The third-order valence-corrected chi connectivity index (χ3v) is 5.60. The second kappa shape index (κ2) is 8.25. The summed E-state index contributed by atoms with van der Waals surface area (Å²) in [6.45, 7) is 15.5. The fourth-order valence-corrected chi connectivity index (χ4v) is 3.84. The van der Waals surface area contributed by atoms with Crippen molar-refractivity contribution in [2.45, 2.75) is 66.5 Å². The van der Waals surface area contributed by atoms with Crippen molar-refractivity contribution >= 4 is 16.8 Å². The van der Waals surface area contributed by atoms with Gasteiger partial charge in [0, 0.05) is 28.9 Å². The van der Waals surface area contributed by atoms with E-state index in [0.29, 0.717) is 17.0 Å². The molecule has 1 amide bonds. The highest BCUT2D eigenvalue weighted by molar-refractivity contribution is 5.98. The van der Waals surface area contributed by atoms with Gasteiger partial charge in [-0.15, -0.1) is 0 Å². The van der Waals surface area contributed by atoms with Gasteiger partial charge in [-0.05, 0) is 60.4 Å². The van der Waals surface area contributed by atoms with Crippen molar-refractivity contribution in [3.05, 3.63) is 70.7 Å². The second-order valence-corrected chi connectivity index (χ2v) is 9.75. The Hall–Kier alpha value is -2.62. The number of fused-ring (bicyclic) bond motifs is 1. The summed E-state index contributed by atoms with van der Waals surface area (Å²) in [5, 5.41) is 4.10. The van der Waals surface area contributed by atoms with Crippen LogP contribution >= 0.6 is 0 Å². The lowest BCUT2D eigenvalue weighted by Crippen LogP contribution is -2.27. The molecule has 0 radical (unpaired) electrons. The number of rotatable bonds is 5. The number of carbonyl (C=O) groups is 1. The van der Waals surface area contributed by atoms with E-state index < -0.39 is 6.04 Å². The van der Waals surface area contributed by atoms with E-state index >= 15 is 0 Å². The smallest absolute Gasteiger partial charge is 0.251 e.